The normalized spacial score (nSPS) is 24.3. The van der Waals surface area contributed by atoms with Gasteiger partial charge in [-0.25, -0.2) is 4.79 Å². The highest BCUT2D eigenvalue weighted by Gasteiger charge is 2.40. The summed E-state index contributed by atoms with van der Waals surface area (Å²) in [5.41, 5.74) is 5.74. The number of ether oxygens (including phenoxy) is 1. The van der Waals surface area contributed by atoms with Crippen LogP contribution < -0.4 is 11.1 Å². The van der Waals surface area contributed by atoms with Crippen molar-refractivity contribution in [2.24, 2.45) is 5.73 Å². The Kier molecular flexibility index (Phi) is 4.03. The van der Waals surface area contributed by atoms with Gasteiger partial charge in [-0.05, 0) is 0 Å². The molecule has 2 aliphatic heterocycles. The molecule has 0 spiro atoms. The average Bonchev–Trinajstić information content (AvgIpc) is 2.56. The summed E-state index contributed by atoms with van der Waals surface area (Å²) in [5.74, 6) is 0.104. The molecule has 2 heterocycles. The molecule has 3 amide bonds. The molecule has 102 valence electrons. The van der Waals surface area contributed by atoms with E-state index in [-0.39, 0.29) is 24.0 Å². The lowest BCUT2D eigenvalue weighted by Gasteiger charge is -2.43. The van der Waals surface area contributed by atoms with Gasteiger partial charge in [0.15, 0.2) is 0 Å². The van der Waals surface area contributed by atoms with Crippen LogP contribution in [0.2, 0.25) is 0 Å². The summed E-state index contributed by atoms with van der Waals surface area (Å²) in [6, 6.07) is -0.0134. The zero-order chi connectivity index (χ0) is 13.1. The van der Waals surface area contributed by atoms with Gasteiger partial charge in [0.1, 0.15) is 0 Å². The van der Waals surface area contributed by atoms with Gasteiger partial charge in [-0.15, -0.1) is 0 Å². The number of methoxy groups -OCH3 is 1. The standard InChI is InChI=1S/C11H20N4O3/c1-18-3-2-13-11(17)14-6-9(7-14)15-5-8(12)4-10(15)16/h8-9H,2-7,12H2,1H3,(H,13,17). The number of nitrogens with one attached hydrogen (secondary N) is 1. The van der Waals surface area contributed by atoms with Crippen molar-refractivity contribution in [1.82, 2.24) is 15.1 Å². The number of nitrogens with two attached hydrogens (primary N) is 1. The van der Waals surface area contributed by atoms with E-state index in [9.17, 15) is 9.59 Å². The number of rotatable bonds is 4. The summed E-state index contributed by atoms with van der Waals surface area (Å²) in [7, 11) is 1.59. The molecule has 0 aromatic heterocycles. The Bertz CT molecular complexity index is 330. The van der Waals surface area contributed by atoms with Crippen LogP contribution in [0.5, 0.6) is 0 Å². The highest BCUT2D eigenvalue weighted by molar-refractivity contribution is 5.80. The summed E-state index contributed by atoms with van der Waals surface area (Å²) in [4.78, 5) is 26.7. The maximum absolute atomic E-state index is 11.6. The Hall–Kier alpha value is -1.34. The molecule has 1 unspecified atom stereocenters. The van der Waals surface area contributed by atoms with Gasteiger partial charge in [0.25, 0.3) is 0 Å². The molecule has 3 N–H and O–H groups in total. The Labute approximate surface area is 106 Å². The Morgan fingerprint density at radius 2 is 2.22 bits per heavy atom. The second-order valence-electron chi connectivity index (χ2n) is 4.79. The first-order valence-electron chi connectivity index (χ1n) is 6.18. The van der Waals surface area contributed by atoms with E-state index in [1.54, 1.807) is 16.9 Å². The van der Waals surface area contributed by atoms with Crippen molar-refractivity contribution in [2.75, 3.05) is 39.9 Å². The Morgan fingerprint density at radius 3 is 2.78 bits per heavy atom. The molecule has 0 saturated carbocycles. The second kappa shape index (κ2) is 5.53. The maximum Gasteiger partial charge on any atom is 0.317 e. The number of carbonyl (C=O) groups is 2. The van der Waals surface area contributed by atoms with Crippen LogP contribution in [-0.2, 0) is 9.53 Å². The molecule has 7 heteroatoms. The van der Waals surface area contributed by atoms with Gasteiger partial charge in [-0.1, -0.05) is 0 Å². The number of nitrogens with zero attached hydrogens (tertiary/aromatic N) is 2. The van der Waals surface area contributed by atoms with Crippen molar-refractivity contribution in [2.45, 2.75) is 18.5 Å². The predicted octanol–water partition coefficient (Wildman–Crippen LogP) is -1.41. The molecule has 2 saturated heterocycles. The summed E-state index contributed by atoms with van der Waals surface area (Å²) in [6.45, 7) is 2.81. The fourth-order valence-electron chi connectivity index (χ4n) is 2.30. The Balaban J connectivity index is 1.70. The number of likely N-dealkylation sites (tertiary alicyclic amines) is 2. The van der Waals surface area contributed by atoms with E-state index in [1.807, 2.05) is 0 Å². The van der Waals surface area contributed by atoms with E-state index < -0.39 is 0 Å². The molecule has 0 aromatic carbocycles. The number of urea groups is 1. The topological polar surface area (TPSA) is 87.9 Å². The Morgan fingerprint density at radius 1 is 1.50 bits per heavy atom. The van der Waals surface area contributed by atoms with Crippen LogP contribution in [0, 0.1) is 0 Å². The molecule has 1 atom stereocenters. The fourth-order valence-corrected chi connectivity index (χ4v) is 2.30. The van der Waals surface area contributed by atoms with Gasteiger partial charge in [0, 0.05) is 45.8 Å². The first-order chi connectivity index (χ1) is 8.61. The van der Waals surface area contributed by atoms with Crippen LogP contribution in [0.4, 0.5) is 4.79 Å². The summed E-state index contributed by atoms with van der Waals surface area (Å²) >= 11 is 0. The van der Waals surface area contributed by atoms with E-state index in [1.165, 1.54) is 0 Å². The van der Waals surface area contributed by atoms with Crippen molar-refractivity contribution < 1.29 is 14.3 Å². The van der Waals surface area contributed by atoms with E-state index in [0.717, 1.165) is 0 Å². The minimum Gasteiger partial charge on any atom is -0.383 e. The van der Waals surface area contributed by atoms with Crippen LogP contribution in [-0.4, -0.2) is 73.7 Å². The van der Waals surface area contributed by atoms with E-state index in [4.69, 9.17) is 10.5 Å². The highest BCUT2D eigenvalue weighted by atomic mass is 16.5. The second-order valence-corrected chi connectivity index (χ2v) is 4.79. The van der Waals surface area contributed by atoms with Crippen molar-refractivity contribution in [3.8, 4) is 0 Å². The zero-order valence-electron chi connectivity index (χ0n) is 10.6. The lowest BCUT2D eigenvalue weighted by molar-refractivity contribution is -0.132. The highest BCUT2D eigenvalue weighted by Crippen LogP contribution is 2.20. The SMILES string of the molecule is COCCNC(=O)N1CC(N2CC(N)CC2=O)C1. The number of hydrogen-bond acceptors (Lipinski definition) is 4. The van der Waals surface area contributed by atoms with Gasteiger partial charge >= 0.3 is 6.03 Å². The molecular formula is C11H20N4O3. The number of carbonyl (C=O) groups excluding carboxylic acids is 2. The van der Waals surface area contributed by atoms with Crippen molar-refractivity contribution in [3.05, 3.63) is 0 Å². The lowest BCUT2D eigenvalue weighted by Crippen LogP contribution is -2.63. The van der Waals surface area contributed by atoms with Crippen LogP contribution >= 0.6 is 0 Å². The quantitative estimate of drug-likeness (QED) is 0.605. The molecule has 2 aliphatic rings. The first kappa shape index (κ1) is 13.1. The molecule has 0 bridgehead atoms. The smallest absolute Gasteiger partial charge is 0.317 e. The van der Waals surface area contributed by atoms with Crippen LogP contribution in [0.1, 0.15) is 6.42 Å². The van der Waals surface area contributed by atoms with Crippen molar-refractivity contribution in [3.63, 3.8) is 0 Å². The summed E-state index contributed by atoms with van der Waals surface area (Å²) < 4.78 is 4.85. The van der Waals surface area contributed by atoms with Crippen molar-refractivity contribution in [1.29, 1.82) is 0 Å². The van der Waals surface area contributed by atoms with Crippen LogP contribution in [0.25, 0.3) is 0 Å². The maximum atomic E-state index is 11.6. The molecular weight excluding hydrogens is 236 g/mol. The van der Waals surface area contributed by atoms with E-state index in [0.29, 0.717) is 39.2 Å². The van der Waals surface area contributed by atoms with Gasteiger partial charge in [0.2, 0.25) is 5.91 Å². The molecule has 2 rings (SSSR count). The van der Waals surface area contributed by atoms with Crippen molar-refractivity contribution >= 4 is 11.9 Å². The third-order valence-corrected chi connectivity index (χ3v) is 3.36. The predicted molar refractivity (Wildman–Crippen MR) is 64.9 cm³/mol. The number of amides is 3. The summed E-state index contributed by atoms with van der Waals surface area (Å²) in [6.07, 6.45) is 0.427. The van der Waals surface area contributed by atoms with Crippen LogP contribution in [0.15, 0.2) is 0 Å². The molecule has 0 aliphatic carbocycles. The minimum atomic E-state index is -0.0979. The van der Waals surface area contributed by atoms with Gasteiger partial charge in [0.05, 0.1) is 12.6 Å². The largest absolute Gasteiger partial charge is 0.383 e. The first-order valence-corrected chi connectivity index (χ1v) is 6.18. The molecule has 0 aromatic rings. The molecule has 0 radical (unpaired) electrons. The summed E-state index contributed by atoms with van der Waals surface area (Å²) in [5, 5.41) is 2.75. The zero-order valence-corrected chi connectivity index (χ0v) is 10.6. The fraction of sp³-hybridized carbons (Fsp3) is 0.818. The monoisotopic (exact) mass is 256 g/mol. The van der Waals surface area contributed by atoms with Gasteiger partial charge in [-0.2, -0.15) is 0 Å². The average molecular weight is 256 g/mol. The number of hydrogen-bond donors (Lipinski definition) is 2. The van der Waals surface area contributed by atoms with Gasteiger partial charge < -0.3 is 25.6 Å². The molecule has 18 heavy (non-hydrogen) atoms. The van der Waals surface area contributed by atoms with E-state index >= 15 is 0 Å². The lowest BCUT2D eigenvalue weighted by atomic mass is 10.1. The van der Waals surface area contributed by atoms with E-state index in [2.05, 4.69) is 5.32 Å². The third-order valence-electron chi connectivity index (χ3n) is 3.36. The minimum absolute atomic E-state index is 0.0536. The molecule has 2 fully saturated rings. The van der Waals surface area contributed by atoms with Crippen LogP contribution in [0.3, 0.4) is 0 Å². The molecule has 7 nitrogen and oxygen atoms in total. The third kappa shape index (κ3) is 2.73. The van der Waals surface area contributed by atoms with Gasteiger partial charge in [-0.3, -0.25) is 4.79 Å².